The van der Waals surface area contributed by atoms with Crippen molar-refractivity contribution < 1.29 is 9.59 Å². The fraction of sp³-hybridized carbons (Fsp3) is 0.556. The molecule has 0 radical (unpaired) electrons. The summed E-state index contributed by atoms with van der Waals surface area (Å²) < 4.78 is 0. The fourth-order valence-electron chi connectivity index (χ4n) is 2.72. The van der Waals surface area contributed by atoms with E-state index in [1.165, 1.54) is 5.56 Å². The van der Waals surface area contributed by atoms with Gasteiger partial charge in [-0.1, -0.05) is 43.2 Å². The average molecular weight is 317 g/mol. The van der Waals surface area contributed by atoms with E-state index in [0.717, 1.165) is 45.2 Å². The van der Waals surface area contributed by atoms with Crippen LogP contribution in [-0.2, 0) is 11.2 Å². The molecule has 3 amide bonds. The zero-order valence-corrected chi connectivity index (χ0v) is 13.7. The number of urea groups is 1. The molecular weight excluding hydrogens is 290 g/mol. The Morgan fingerprint density at radius 2 is 1.87 bits per heavy atom. The lowest BCUT2D eigenvalue weighted by Crippen LogP contribution is -2.43. The van der Waals surface area contributed by atoms with Crippen LogP contribution in [0.25, 0.3) is 0 Å². The first-order valence-corrected chi connectivity index (χ1v) is 8.59. The highest BCUT2D eigenvalue weighted by molar-refractivity contribution is 5.78. The first-order valence-electron chi connectivity index (χ1n) is 8.59. The molecule has 0 bridgehead atoms. The summed E-state index contributed by atoms with van der Waals surface area (Å²) in [6.45, 7) is 2.58. The Morgan fingerprint density at radius 1 is 1.09 bits per heavy atom. The largest absolute Gasteiger partial charge is 0.356 e. The van der Waals surface area contributed by atoms with Crippen molar-refractivity contribution in [3.8, 4) is 0 Å². The van der Waals surface area contributed by atoms with Gasteiger partial charge in [0, 0.05) is 32.6 Å². The second-order valence-electron chi connectivity index (χ2n) is 5.97. The first-order chi connectivity index (χ1) is 11.3. The Balaban J connectivity index is 1.78. The van der Waals surface area contributed by atoms with Crippen molar-refractivity contribution in [2.45, 2.75) is 38.5 Å². The van der Waals surface area contributed by atoms with Gasteiger partial charge in [-0.05, 0) is 24.8 Å². The van der Waals surface area contributed by atoms with Gasteiger partial charge in [-0.2, -0.15) is 0 Å². The van der Waals surface area contributed by atoms with Crippen LogP contribution in [0, 0.1) is 0 Å². The average Bonchev–Trinajstić information content (AvgIpc) is 2.61. The molecule has 0 aromatic heterocycles. The molecule has 1 heterocycles. The standard InChI is InChI=1S/C18H27N3O2/c22-17-11-15-21(14-7-2-1-6-12-19-17)18(23)20-13-10-16-8-4-3-5-9-16/h3-5,8-9H,1-2,6-7,10-15H2,(H,19,22)(H,20,23). The number of amides is 3. The Kier molecular flexibility index (Phi) is 7.43. The van der Waals surface area contributed by atoms with E-state index in [-0.39, 0.29) is 11.9 Å². The minimum Gasteiger partial charge on any atom is -0.356 e. The van der Waals surface area contributed by atoms with Gasteiger partial charge < -0.3 is 15.5 Å². The third kappa shape index (κ3) is 6.72. The van der Waals surface area contributed by atoms with E-state index < -0.39 is 0 Å². The van der Waals surface area contributed by atoms with E-state index in [1.807, 2.05) is 18.2 Å². The van der Waals surface area contributed by atoms with Crippen LogP contribution in [0.15, 0.2) is 30.3 Å². The normalized spacial score (nSPS) is 17.0. The number of benzene rings is 1. The summed E-state index contributed by atoms with van der Waals surface area (Å²) in [5.41, 5.74) is 1.21. The van der Waals surface area contributed by atoms with Gasteiger partial charge >= 0.3 is 6.03 Å². The van der Waals surface area contributed by atoms with E-state index in [9.17, 15) is 9.59 Å². The van der Waals surface area contributed by atoms with Crippen LogP contribution in [0.1, 0.15) is 37.7 Å². The Hall–Kier alpha value is -2.04. The molecule has 0 saturated carbocycles. The van der Waals surface area contributed by atoms with Crippen LogP contribution in [0.3, 0.4) is 0 Å². The summed E-state index contributed by atoms with van der Waals surface area (Å²) in [4.78, 5) is 25.8. The molecule has 1 aromatic carbocycles. The lowest BCUT2D eigenvalue weighted by atomic mass is 10.1. The van der Waals surface area contributed by atoms with Crippen molar-refractivity contribution in [2.24, 2.45) is 0 Å². The van der Waals surface area contributed by atoms with Crippen molar-refractivity contribution in [3.63, 3.8) is 0 Å². The van der Waals surface area contributed by atoms with Crippen LogP contribution < -0.4 is 10.6 Å². The topological polar surface area (TPSA) is 61.4 Å². The molecule has 0 atom stereocenters. The highest BCUT2D eigenvalue weighted by atomic mass is 16.2. The summed E-state index contributed by atoms with van der Waals surface area (Å²) in [5.74, 6) is 0.0361. The monoisotopic (exact) mass is 317 g/mol. The highest BCUT2D eigenvalue weighted by Gasteiger charge is 2.15. The molecule has 1 aliphatic rings. The summed E-state index contributed by atoms with van der Waals surface area (Å²) in [6, 6.07) is 10.1. The molecule has 5 nitrogen and oxygen atoms in total. The van der Waals surface area contributed by atoms with Gasteiger partial charge in [0.1, 0.15) is 0 Å². The van der Waals surface area contributed by atoms with Crippen molar-refractivity contribution in [3.05, 3.63) is 35.9 Å². The molecule has 2 rings (SSSR count). The second kappa shape index (κ2) is 9.87. The molecule has 1 aromatic rings. The second-order valence-corrected chi connectivity index (χ2v) is 5.97. The van der Waals surface area contributed by atoms with Crippen molar-refractivity contribution >= 4 is 11.9 Å². The Morgan fingerprint density at radius 3 is 2.70 bits per heavy atom. The number of nitrogens with one attached hydrogen (secondary N) is 2. The van der Waals surface area contributed by atoms with Crippen molar-refractivity contribution in [1.29, 1.82) is 0 Å². The van der Waals surface area contributed by atoms with Gasteiger partial charge in [0.15, 0.2) is 0 Å². The molecule has 126 valence electrons. The molecule has 1 aliphatic heterocycles. The van der Waals surface area contributed by atoms with Crippen LogP contribution in [0.5, 0.6) is 0 Å². The molecule has 0 aliphatic carbocycles. The summed E-state index contributed by atoms with van der Waals surface area (Å²) in [6.07, 6.45) is 5.43. The summed E-state index contributed by atoms with van der Waals surface area (Å²) in [5, 5.41) is 5.88. The smallest absolute Gasteiger partial charge is 0.317 e. The number of carbonyl (C=O) groups is 2. The van der Waals surface area contributed by atoms with E-state index in [4.69, 9.17) is 0 Å². The molecule has 0 unspecified atom stereocenters. The molecule has 23 heavy (non-hydrogen) atoms. The SMILES string of the molecule is O=C1CCN(C(=O)NCCc2ccccc2)CCCCCCN1. The summed E-state index contributed by atoms with van der Waals surface area (Å²) in [7, 11) is 0. The van der Waals surface area contributed by atoms with Gasteiger partial charge in [0.2, 0.25) is 5.91 Å². The lowest BCUT2D eigenvalue weighted by Gasteiger charge is -2.22. The van der Waals surface area contributed by atoms with Crippen LogP contribution in [-0.4, -0.2) is 43.0 Å². The first kappa shape index (κ1) is 17.3. The molecule has 2 N–H and O–H groups in total. The molecular formula is C18H27N3O2. The quantitative estimate of drug-likeness (QED) is 0.899. The van der Waals surface area contributed by atoms with E-state index in [1.54, 1.807) is 4.90 Å². The minimum absolute atomic E-state index is 0.0361. The molecule has 5 heteroatoms. The zero-order valence-electron chi connectivity index (χ0n) is 13.7. The predicted molar refractivity (Wildman–Crippen MR) is 91.2 cm³/mol. The lowest BCUT2D eigenvalue weighted by molar-refractivity contribution is -0.121. The van der Waals surface area contributed by atoms with Crippen LogP contribution in [0.2, 0.25) is 0 Å². The highest BCUT2D eigenvalue weighted by Crippen LogP contribution is 2.05. The Bertz CT molecular complexity index is 490. The molecule has 0 spiro atoms. The van der Waals surface area contributed by atoms with Crippen LogP contribution >= 0.6 is 0 Å². The number of rotatable bonds is 3. The van der Waals surface area contributed by atoms with Crippen molar-refractivity contribution in [2.75, 3.05) is 26.2 Å². The maximum atomic E-state index is 12.3. The number of nitrogens with zero attached hydrogens (tertiary/aromatic N) is 1. The maximum Gasteiger partial charge on any atom is 0.317 e. The third-order valence-electron chi connectivity index (χ3n) is 4.11. The fourth-order valence-corrected chi connectivity index (χ4v) is 2.72. The van der Waals surface area contributed by atoms with Gasteiger partial charge in [0.25, 0.3) is 0 Å². The summed E-state index contributed by atoms with van der Waals surface area (Å²) >= 11 is 0. The number of hydrogen-bond donors (Lipinski definition) is 2. The van der Waals surface area contributed by atoms with Crippen LogP contribution in [0.4, 0.5) is 4.79 Å². The van der Waals surface area contributed by atoms with E-state index in [0.29, 0.717) is 19.5 Å². The van der Waals surface area contributed by atoms with Gasteiger partial charge in [-0.15, -0.1) is 0 Å². The number of hydrogen-bond acceptors (Lipinski definition) is 2. The van der Waals surface area contributed by atoms with E-state index in [2.05, 4.69) is 22.8 Å². The molecule has 1 saturated heterocycles. The third-order valence-corrected chi connectivity index (χ3v) is 4.11. The van der Waals surface area contributed by atoms with Gasteiger partial charge in [-0.25, -0.2) is 4.79 Å². The minimum atomic E-state index is -0.0621. The zero-order chi connectivity index (χ0) is 16.3. The maximum absolute atomic E-state index is 12.3. The molecule has 1 fully saturated rings. The Labute approximate surface area is 138 Å². The number of carbonyl (C=O) groups excluding carboxylic acids is 2. The van der Waals surface area contributed by atoms with E-state index >= 15 is 0 Å². The van der Waals surface area contributed by atoms with Crippen molar-refractivity contribution in [1.82, 2.24) is 15.5 Å². The predicted octanol–water partition coefficient (Wildman–Crippen LogP) is 2.32. The van der Waals surface area contributed by atoms with Gasteiger partial charge in [0.05, 0.1) is 0 Å². The van der Waals surface area contributed by atoms with Gasteiger partial charge in [-0.3, -0.25) is 4.79 Å².